The predicted octanol–water partition coefficient (Wildman–Crippen LogP) is 2.60. The number of nitrogens with zero attached hydrogens (tertiary/aromatic N) is 1. The van der Waals surface area contributed by atoms with Crippen molar-refractivity contribution in [2.75, 3.05) is 12.0 Å². The van der Waals surface area contributed by atoms with Gasteiger partial charge < -0.3 is 10.2 Å². The Labute approximate surface area is 117 Å². The summed E-state index contributed by atoms with van der Waals surface area (Å²) in [6.07, 6.45) is 1.31. The molecule has 0 aliphatic carbocycles. The minimum Gasteiger partial charge on any atom is -0.462 e. The summed E-state index contributed by atoms with van der Waals surface area (Å²) in [6.45, 7) is 1.95. The van der Waals surface area contributed by atoms with Gasteiger partial charge >= 0.3 is 5.97 Å². The van der Waals surface area contributed by atoms with Gasteiger partial charge in [-0.25, -0.2) is 9.18 Å². The summed E-state index contributed by atoms with van der Waals surface area (Å²) in [7, 11) is 0. The molecular formula is C12H11BrFN3O2. The van der Waals surface area contributed by atoms with Crippen molar-refractivity contribution in [3.8, 4) is 0 Å². The summed E-state index contributed by atoms with van der Waals surface area (Å²) in [4.78, 5) is 15.8. The highest BCUT2D eigenvalue weighted by Crippen LogP contribution is 2.30. The smallest absolute Gasteiger partial charge is 0.341 e. The fourth-order valence-electron chi connectivity index (χ4n) is 1.71. The van der Waals surface area contributed by atoms with Gasteiger partial charge in [0.25, 0.3) is 0 Å². The summed E-state index contributed by atoms with van der Waals surface area (Å²) >= 11 is 3.08. The van der Waals surface area contributed by atoms with Crippen molar-refractivity contribution in [3.63, 3.8) is 0 Å². The number of anilines is 1. The van der Waals surface area contributed by atoms with Crippen LogP contribution in [0.1, 0.15) is 17.3 Å². The fourth-order valence-corrected chi connectivity index (χ4v) is 2.05. The monoisotopic (exact) mass is 327 g/mol. The molecule has 0 saturated heterocycles. The lowest BCUT2D eigenvalue weighted by Crippen LogP contribution is -2.15. The zero-order chi connectivity index (χ0) is 14.0. The van der Waals surface area contributed by atoms with E-state index in [1.54, 1.807) is 6.92 Å². The summed E-state index contributed by atoms with van der Waals surface area (Å²) in [5.74, 6) is 4.47. The summed E-state index contributed by atoms with van der Waals surface area (Å²) < 4.78 is 18.6. The molecular weight excluding hydrogens is 317 g/mol. The molecule has 1 heterocycles. The van der Waals surface area contributed by atoms with Crippen LogP contribution >= 0.6 is 15.9 Å². The lowest BCUT2D eigenvalue weighted by molar-refractivity contribution is 0.0527. The molecule has 0 fully saturated rings. The van der Waals surface area contributed by atoms with Crippen LogP contribution in [0.5, 0.6) is 0 Å². The lowest BCUT2D eigenvalue weighted by Gasteiger charge is -2.11. The average Bonchev–Trinajstić information content (AvgIpc) is 2.39. The van der Waals surface area contributed by atoms with Crippen molar-refractivity contribution in [3.05, 3.63) is 34.2 Å². The molecule has 0 amide bonds. The number of fused-ring (bicyclic) bond motifs is 1. The molecule has 19 heavy (non-hydrogen) atoms. The number of aromatic nitrogens is 1. The summed E-state index contributed by atoms with van der Waals surface area (Å²) in [5.41, 5.74) is 3.39. The molecule has 0 aliphatic rings. The van der Waals surface area contributed by atoms with Crippen molar-refractivity contribution < 1.29 is 13.9 Å². The van der Waals surface area contributed by atoms with Crippen LogP contribution in [0, 0.1) is 5.82 Å². The number of nitrogens with one attached hydrogen (secondary N) is 1. The number of nitrogen functional groups attached to an aromatic ring is 1. The van der Waals surface area contributed by atoms with E-state index in [1.165, 1.54) is 18.3 Å². The molecule has 2 aromatic rings. The third-order valence-corrected chi connectivity index (χ3v) is 3.16. The van der Waals surface area contributed by atoms with Crippen LogP contribution in [0.4, 0.5) is 10.1 Å². The first-order valence-electron chi connectivity index (χ1n) is 5.50. The SMILES string of the molecule is CCOC(=O)c1cnc2cc(F)c(Br)cc2c1NN. The molecule has 0 spiro atoms. The number of hydrogen-bond donors (Lipinski definition) is 2. The lowest BCUT2D eigenvalue weighted by atomic mass is 10.1. The Morgan fingerprint density at radius 3 is 2.95 bits per heavy atom. The molecule has 1 aromatic carbocycles. The number of rotatable bonds is 3. The Morgan fingerprint density at radius 1 is 1.58 bits per heavy atom. The van der Waals surface area contributed by atoms with Gasteiger partial charge in [-0.15, -0.1) is 0 Å². The number of carbonyl (C=O) groups excluding carboxylic acids is 1. The van der Waals surface area contributed by atoms with E-state index in [-0.39, 0.29) is 16.6 Å². The van der Waals surface area contributed by atoms with Crippen molar-refractivity contribution in [2.45, 2.75) is 6.92 Å². The highest BCUT2D eigenvalue weighted by Gasteiger charge is 2.17. The van der Waals surface area contributed by atoms with Gasteiger partial charge in [0.2, 0.25) is 0 Å². The molecule has 3 N–H and O–H groups in total. The molecule has 0 unspecified atom stereocenters. The van der Waals surface area contributed by atoms with Crippen LogP contribution in [-0.4, -0.2) is 17.6 Å². The fraction of sp³-hybridized carbons (Fsp3) is 0.167. The Kier molecular flexibility index (Phi) is 3.96. The summed E-state index contributed by atoms with van der Waals surface area (Å²) in [5, 5.41) is 0.529. The maximum atomic E-state index is 13.4. The Balaban J connectivity index is 2.68. The maximum Gasteiger partial charge on any atom is 0.341 e. The van der Waals surface area contributed by atoms with Gasteiger partial charge in [-0.1, -0.05) is 0 Å². The number of hydrogen-bond acceptors (Lipinski definition) is 5. The molecule has 1 aromatic heterocycles. The third kappa shape index (κ3) is 2.52. The second-order valence-corrected chi connectivity index (χ2v) is 4.55. The first kappa shape index (κ1) is 13.7. The number of carbonyl (C=O) groups is 1. The van der Waals surface area contributed by atoms with Gasteiger partial charge in [0, 0.05) is 17.6 Å². The van der Waals surface area contributed by atoms with E-state index >= 15 is 0 Å². The highest BCUT2D eigenvalue weighted by molar-refractivity contribution is 9.10. The molecule has 0 bridgehead atoms. The van der Waals surface area contributed by atoms with Crippen molar-refractivity contribution in [1.29, 1.82) is 0 Å². The molecule has 0 saturated carbocycles. The minimum atomic E-state index is -0.537. The second-order valence-electron chi connectivity index (χ2n) is 3.70. The van der Waals surface area contributed by atoms with Gasteiger partial charge in [0.15, 0.2) is 0 Å². The molecule has 100 valence electrons. The number of pyridine rings is 1. The van der Waals surface area contributed by atoms with Crippen LogP contribution in [0.3, 0.4) is 0 Å². The second kappa shape index (κ2) is 5.50. The Hall–Kier alpha value is -1.73. The van der Waals surface area contributed by atoms with Gasteiger partial charge in [-0.05, 0) is 28.9 Å². The molecule has 5 nitrogen and oxygen atoms in total. The van der Waals surface area contributed by atoms with E-state index in [0.717, 1.165) is 0 Å². The molecule has 0 radical (unpaired) electrons. The van der Waals surface area contributed by atoms with Crippen molar-refractivity contribution >= 4 is 38.5 Å². The quantitative estimate of drug-likeness (QED) is 0.514. The minimum absolute atomic E-state index is 0.204. The number of esters is 1. The average molecular weight is 328 g/mol. The highest BCUT2D eigenvalue weighted by atomic mass is 79.9. The van der Waals surface area contributed by atoms with Crippen LogP contribution in [0.15, 0.2) is 22.8 Å². The van der Waals surface area contributed by atoms with Gasteiger partial charge in [0.1, 0.15) is 11.4 Å². The van der Waals surface area contributed by atoms with Crippen LogP contribution in [-0.2, 0) is 4.74 Å². The van der Waals surface area contributed by atoms with Crippen molar-refractivity contribution in [1.82, 2.24) is 4.98 Å². The van der Waals surface area contributed by atoms with E-state index in [4.69, 9.17) is 10.6 Å². The zero-order valence-corrected chi connectivity index (χ0v) is 11.6. The topological polar surface area (TPSA) is 77.2 Å². The number of ether oxygens (including phenoxy) is 1. The van der Waals surface area contributed by atoms with Gasteiger partial charge in [0.05, 0.1) is 22.3 Å². The van der Waals surface area contributed by atoms with E-state index in [9.17, 15) is 9.18 Å². The van der Waals surface area contributed by atoms with Crippen LogP contribution in [0.25, 0.3) is 10.9 Å². The van der Waals surface area contributed by atoms with Crippen molar-refractivity contribution in [2.24, 2.45) is 5.84 Å². The Bertz CT molecular complexity index is 648. The maximum absolute atomic E-state index is 13.4. The number of halogens is 2. The predicted molar refractivity (Wildman–Crippen MR) is 73.2 cm³/mol. The number of hydrazine groups is 1. The number of benzene rings is 1. The van der Waals surface area contributed by atoms with E-state index in [0.29, 0.717) is 16.6 Å². The zero-order valence-electron chi connectivity index (χ0n) is 10.0. The standard InChI is InChI=1S/C12H11BrFN3O2/c1-2-19-12(18)7-5-16-10-4-9(14)8(13)3-6(10)11(7)17-15/h3-5H,2,15H2,1H3,(H,16,17). The van der Waals surface area contributed by atoms with E-state index < -0.39 is 11.8 Å². The summed E-state index contributed by atoms with van der Waals surface area (Å²) in [6, 6.07) is 2.77. The van der Waals surface area contributed by atoms with E-state index in [2.05, 4.69) is 26.3 Å². The first-order chi connectivity index (χ1) is 9.08. The van der Waals surface area contributed by atoms with Crippen LogP contribution < -0.4 is 11.3 Å². The van der Waals surface area contributed by atoms with E-state index in [1.807, 2.05) is 0 Å². The number of nitrogens with two attached hydrogens (primary N) is 1. The largest absolute Gasteiger partial charge is 0.462 e. The molecule has 0 atom stereocenters. The molecule has 7 heteroatoms. The molecule has 2 rings (SSSR count). The third-order valence-electron chi connectivity index (χ3n) is 2.55. The molecule has 0 aliphatic heterocycles. The Morgan fingerprint density at radius 2 is 2.32 bits per heavy atom. The normalized spacial score (nSPS) is 10.5. The first-order valence-corrected chi connectivity index (χ1v) is 6.29. The van der Waals surface area contributed by atoms with Crippen LogP contribution in [0.2, 0.25) is 0 Å². The van der Waals surface area contributed by atoms with Gasteiger partial charge in [-0.3, -0.25) is 10.8 Å². The van der Waals surface area contributed by atoms with Gasteiger partial charge in [-0.2, -0.15) is 0 Å².